The Hall–Kier alpha value is 0.645. The summed E-state index contributed by atoms with van der Waals surface area (Å²) in [6.45, 7) is 4.80. The predicted octanol–water partition coefficient (Wildman–Crippen LogP) is 4.02. The summed E-state index contributed by atoms with van der Waals surface area (Å²) in [4.78, 5) is 0. The molecule has 0 spiro atoms. The number of rotatable bonds is 2. The van der Waals surface area contributed by atoms with E-state index in [2.05, 4.69) is 13.8 Å². The van der Waals surface area contributed by atoms with Gasteiger partial charge in [-0.3, -0.25) is 0 Å². The summed E-state index contributed by atoms with van der Waals surface area (Å²) >= 11 is 11.8. The predicted molar refractivity (Wildman–Crippen MR) is 60.4 cm³/mol. The highest BCUT2D eigenvalue weighted by atomic mass is 35.5. The monoisotopic (exact) mass is 218 g/mol. The van der Waals surface area contributed by atoms with E-state index >= 15 is 0 Å². The minimum atomic E-state index is -0.163. The van der Waals surface area contributed by atoms with Crippen molar-refractivity contribution in [1.82, 2.24) is 0 Å². The fourth-order valence-corrected chi connectivity index (χ4v) is 4.04. The Labute approximate surface area is 91.3 Å². The standard InChI is InChI=1S/C10H17BCl2/c1-10(2)8-4-3-7(5-8)9(10)6-11(12)13/h7-9H,3-6H2,1-2H3/t7-,8+,9+/m0/s1. The van der Waals surface area contributed by atoms with Gasteiger partial charge in [0.1, 0.15) is 0 Å². The van der Waals surface area contributed by atoms with Gasteiger partial charge in [-0.2, -0.15) is 22.9 Å². The molecule has 2 saturated carbocycles. The zero-order valence-corrected chi connectivity index (χ0v) is 9.91. The minimum Gasteiger partial charge on any atom is -0.172 e. The maximum atomic E-state index is 5.89. The van der Waals surface area contributed by atoms with Gasteiger partial charge < -0.3 is 0 Å². The molecule has 0 unspecified atom stereocenters. The first-order chi connectivity index (χ1) is 6.01. The molecule has 2 rings (SSSR count). The third-order valence-corrected chi connectivity index (χ3v) is 4.84. The van der Waals surface area contributed by atoms with Gasteiger partial charge >= 0.3 is 5.54 Å². The summed E-state index contributed by atoms with van der Waals surface area (Å²) in [6, 6.07) is 0. The minimum absolute atomic E-state index is 0.163. The van der Waals surface area contributed by atoms with Crippen molar-refractivity contribution >= 4 is 28.5 Å². The zero-order valence-electron chi connectivity index (χ0n) is 8.39. The average molecular weight is 219 g/mol. The van der Waals surface area contributed by atoms with Crippen LogP contribution >= 0.6 is 22.9 Å². The van der Waals surface area contributed by atoms with Crippen LogP contribution in [0.2, 0.25) is 6.32 Å². The fourth-order valence-electron chi connectivity index (χ4n) is 3.66. The van der Waals surface area contributed by atoms with E-state index in [0.29, 0.717) is 5.41 Å². The van der Waals surface area contributed by atoms with Crippen LogP contribution in [0.15, 0.2) is 0 Å². The lowest BCUT2D eigenvalue weighted by atomic mass is 9.64. The molecule has 3 heteroatoms. The van der Waals surface area contributed by atoms with Crippen LogP contribution < -0.4 is 0 Å². The smallest absolute Gasteiger partial charge is 0.172 e. The van der Waals surface area contributed by atoms with Gasteiger partial charge in [0.25, 0.3) is 0 Å². The van der Waals surface area contributed by atoms with Gasteiger partial charge in [0, 0.05) is 0 Å². The molecule has 0 saturated heterocycles. The lowest BCUT2D eigenvalue weighted by molar-refractivity contribution is 0.137. The van der Waals surface area contributed by atoms with Gasteiger partial charge in [0.05, 0.1) is 0 Å². The van der Waals surface area contributed by atoms with Gasteiger partial charge in [-0.25, -0.2) is 0 Å². The van der Waals surface area contributed by atoms with Crippen LogP contribution in [-0.2, 0) is 0 Å². The Balaban J connectivity index is 2.10. The second-order valence-corrected chi connectivity index (χ2v) is 6.60. The molecule has 2 bridgehead atoms. The normalized spacial score (nSPS) is 41.1. The summed E-state index contributed by atoms with van der Waals surface area (Å²) in [5.41, 5.74) is 0.328. The van der Waals surface area contributed by atoms with E-state index in [1.54, 1.807) is 0 Å². The third kappa shape index (κ3) is 1.63. The fraction of sp³-hybridized carbons (Fsp3) is 1.00. The number of hydrogen-bond donors (Lipinski definition) is 0. The highest BCUT2D eigenvalue weighted by Gasteiger charge is 2.52. The molecule has 0 aliphatic heterocycles. The molecule has 2 fully saturated rings. The van der Waals surface area contributed by atoms with E-state index in [1.807, 2.05) is 0 Å². The van der Waals surface area contributed by atoms with Gasteiger partial charge in [-0.15, -0.1) is 0 Å². The zero-order chi connectivity index (χ0) is 9.64. The van der Waals surface area contributed by atoms with Crippen LogP contribution in [0.4, 0.5) is 0 Å². The summed E-state index contributed by atoms with van der Waals surface area (Å²) in [6.07, 6.45) is 5.28. The van der Waals surface area contributed by atoms with Crippen LogP contribution in [0, 0.1) is 23.2 Å². The summed E-state index contributed by atoms with van der Waals surface area (Å²) in [7, 11) is 0. The van der Waals surface area contributed by atoms with Crippen molar-refractivity contribution in [3.8, 4) is 0 Å². The van der Waals surface area contributed by atoms with E-state index in [1.165, 1.54) is 19.3 Å². The largest absolute Gasteiger partial charge is 0.351 e. The Morgan fingerprint density at radius 2 is 2.00 bits per heavy atom. The van der Waals surface area contributed by atoms with Crippen molar-refractivity contribution in [2.45, 2.75) is 39.4 Å². The van der Waals surface area contributed by atoms with Gasteiger partial charge in [-0.05, 0) is 48.8 Å². The van der Waals surface area contributed by atoms with Crippen molar-refractivity contribution in [3.63, 3.8) is 0 Å². The van der Waals surface area contributed by atoms with Crippen molar-refractivity contribution in [1.29, 1.82) is 0 Å². The van der Waals surface area contributed by atoms with Crippen molar-refractivity contribution in [2.75, 3.05) is 0 Å². The Bertz CT molecular complexity index is 203. The van der Waals surface area contributed by atoms with Gasteiger partial charge in [-0.1, -0.05) is 13.8 Å². The van der Waals surface area contributed by atoms with Crippen LogP contribution in [0.25, 0.3) is 0 Å². The Morgan fingerprint density at radius 3 is 2.46 bits per heavy atom. The number of halogens is 2. The van der Waals surface area contributed by atoms with Crippen LogP contribution in [0.1, 0.15) is 33.1 Å². The Morgan fingerprint density at radius 1 is 1.31 bits per heavy atom. The van der Waals surface area contributed by atoms with E-state index in [4.69, 9.17) is 22.9 Å². The summed E-state index contributed by atoms with van der Waals surface area (Å²) < 4.78 is 0. The topological polar surface area (TPSA) is 0 Å². The molecular formula is C10H17BCl2. The number of fused-ring (bicyclic) bond motifs is 2. The molecule has 2 aliphatic carbocycles. The lowest BCUT2D eigenvalue weighted by Crippen LogP contribution is -2.31. The van der Waals surface area contributed by atoms with E-state index in [-0.39, 0.29) is 5.54 Å². The molecule has 0 amide bonds. The first-order valence-electron chi connectivity index (χ1n) is 5.30. The van der Waals surface area contributed by atoms with Gasteiger partial charge in [0.2, 0.25) is 0 Å². The molecular weight excluding hydrogens is 202 g/mol. The quantitative estimate of drug-likeness (QED) is 0.615. The van der Waals surface area contributed by atoms with Crippen molar-refractivity contribution in [3.05, 3.63) is 0 Å². The van der Waals surface area contributed by atoms with E-state index in [0.717, 1.165) is 24.1 Å². The number of hydrogen-bond acceptors (Lipinski definition) is 0. The average Bonchev–Trinajstić information content (AvgIpc) is 2.53. The van der Waals surface area contributed by atoms with Crippen LogP contribution in [-0.4, -0.2) is 5.54 Å². The second-order valence-electron chi connectivity index (χ2n) is 5.32. The maximum Gasteiger partial charge on any atom is 0.351 e. The van der Waals surface area contributed by atoms with E-state index in [9.17, 15) is 0 Å². The highest BCUT2D eigenvalue weighted by Crippen LogP contribution is 2.60. The molecule has 2 aliphatic rings. The third-order valence-electron chi connectivity index (χ3n) is 4.48. The summed E-state index contributed by atoms with van der Waals surface area (Å²) in [5.74, 6) is 2.63. The second kappa shape index (κ2) is 3.34. The molecule has 74 valence electrons. The van der Waals surface area contributed by atoms with Crippen LogP contribution in [0.5, 0.6) is 0 Å². The SMILES string of the molecule is CC1(C)[C@@H]2CC[C@@H](C2)[C@H]1CB(Cl)Cl. The molecule has 3 atom stereocenters. The van der Waals surface area contributed by atoms with Crippen LogP contribution in [0.3, 0.4) is 0 Å². The highest BCUT2D eigenvalue weighted by molar-refractivity contribution is 7.33. The molecule has 0 nitrogen and oxygen atoms in total. The first kappa shape index (κ1) is 10.2. The molecule has 0 aromatic heterocycles. The first-order valence-corrected chi connectivity index (χ1v) is 6.17. The van der Waals surface area contributed by atoms with Crippen molar-refractivity contribution < 1.29 is 0 Å². The van der Waals surface area contributed by atoms with Gasteiger partial charge in [0.15, 0.2) is 0 Å². The lowest BCUT2D eigenvalue weighted by Gasteiger charge is -2.38. The molecule has 0 N–H and O–H groups in total. The molecule has 0 aromatic rings. The molecule has 0 aromatic carbocycles. The molecule has 0 heterocycles. The maximum absolute atomic E-state index is 5.89. The van der Waals surface area contributed by atoms with E-state index < -0.39 is 0 Å². The van der Waals surface area contributed by atoms with Crippen molar-refractivity contribution in [2.24, 2.45) is 23.2 Å². The summed E-state index contributed by atoms with van der Waals surface area (Å²) in [5, 5.41) is 0. The molecule has 13 heavy (non-hydrogen) atoms. The molecule has 0 radical (unpaired) electrons. The Kier molecular flexibility index (Phi) is 2.62.